The zero-order valence-electron chi connectivity index (χ0n) is 4.44. The summed E-state index contributed by atoms with van der Waals surface area (Å²) in [5.74, 6) is 0. The first-order valence-electron chi connectivity index (χ1n) is 0.698. The molecule has 0 unspecified atom stereocenters. The summed E-state index contributed by atoms with van der Waals surface area (Å²) < 4.78 is 24.0. The number of rotatable bonds is 0. The summed E-state index contributed by atoms with van der Waals surface area (Å²) in [4.78, 5) is 0. The van der Waals surface area contributed by atoms with Crippen LogP contribution in [-0.4, -0.2) is 13.3 Å². The molecule has 0 radical (unpaired) electrons. The van der Waals surface area contributed by atoms with Gasteiger partial charge >= 0.3 is 51.4 Å². The van der Waals surface area contributed by atoms with Gasteiger partial charge in [0.15, 0.2) is 0 Å². The fraction of sp³-hybridized carbons (Fsp3) is 0. The van der Waals surface area contributed by atoms with Gasteiger partial charge in [0, 0.05) is 31.6 Å². The summed E-state index contributed by atoms with van der Waals surface area (Å²) in [6.45, 7) is 0. The summed E-state index contributed by atoms with van der Waals surface area (Å²) in [7, 11) is -3.83. The van der Waals surface area contributed by atoms with Crippen molar-refractivity contribution in [3.63, 3.8) is 0 Å². The summed E-state index contributed by atoms with van der Waals surface area (Å²) in [5.41, 5.74) is 0. The maximum atomic E-state index is 9.11. The molecule has 44 valence electrons. The van der Waals surface area contributed by atoms with Gasteiger partial charge in [-0.15, -0.1) is 0 Å². The van der Waals surface area contributed by atoms with Crippen molar-refractivity contribution >= 4 is 20.2 Å². The van der Waals surface area contributed by atoms with Crippen LogP contribution in [0, 0.1) is 0 Å². The van der Waals surface area contributed by atoms with E-state index in [1.165, 1.54) is 0 Å². The molecule has 0 aromatic heterocycles. The van der Waals surface area contributed by atoms with E-state index < -0.39 is 9.05 Å². The van der Waals surface area contributed by atoms with Crippen molar-refractivity contribution in [3.05, 3.63) is 0 Å². The Morgan fingerprint density at radius 1 is 1.57 bits per heavy atom. The molecule has 0 aromatic carbocycles. The summed E-state index contributed by atoms with van der Waals surface area (Å²) in [6.07, 6.45) is 0. The largest absolute Gasteiger partial charge is 1.00 e. The van der Waals surface area contributed by atoms with Gasteiger partial charge < -0.3 is 1.43 Å². The quantitative estimate of drug-likeness (QED) is 0.451. The van der Waals surface area contributed by atoms with E-state index in [0.717, 1.165) is 0 Å². The van der Waals surface area contributed by atoms with Crippen LogP contribution in [0.5, 0.6) is 0 Å². The smallest absolute Gasteiger partial charge is 1.00 e. The molecule has 0 rings (SSSR count). The van der Waals surface area contributed by atoms with Gasteiger partial charge in [-0.05, 0) is 0 Å². The van der Waals surface area contributed by atoms with E-state index in [-0.39, 0.29) is 73.2 Å². The van der Waals surface area contributed by atoms with Gasteiger partial charge in [-0.1, -0.05) is 0 Å². The zero-order valence-corrected chi connectivity index (χ0v) is 9.75. The van der Waals surface area contributed by atoms with Crippen LogP contribution in [0.3, 0.4) is 0 Å². The van der Waals surface area contributed by atoms with E-state index in [2.05, 4.69) is 11.2 Å². The van der Waals surface area contributed by atoms with Crippen molar-refractivity contribution in [2.75, 3.05) is 0 Å². The Bertz CT molecular complexity index is 100. The fourth-order valence-corrected chi connectivity index (χ4v) is 0. The van der Waals surface area contributed by atoms with E-state index >= 15 is 0 Å². The van der Waals surface area contributed by atoms with E-state index in [0.29, 0.717) is 0 Å². The summed E-state index contributed by atoms with van der Waals surface area (Å²) in [6, 6.07) is 0. The Morgan fingerprint density at radius 3 is 1.57 bits per heavy atom. The molecule has 0 spiro atoms. The molecule has 0 heterocycles. The van der Waals surface area contributed by atoms with Crippen molar-refractivity contribution in [3.8, 4) is 0 Å². The van der Waals surface area contributed by atoms with Crippen LogP contribution in [0.4, 0.5) is 0 Å². The van der Waals surface area contributed by atoms with E-state index in [1.807, 2.05) is 0 Å². The van der Waals surface area contributed by atoms with Crippen LogP contribution in [0.15, 0.2) is 0 Å². The van der Waals surface area contributed by atoms with Gasteiger partial charge in [-0.25, -0.2) is 0 Å². The number of hydrogen-bond acceptors (Lipinski definition) is 2. The molecule has 0 fully saturated rings. The minimum Gasteiger partial charge on any atom is -1.00 e. The predicted octanol–water partition coefficient (Wildman–Crippen LogP) is -3.21. The first-order valence-corrected chi connectivity index (χ1v) is 3.10. The zero-order chi connectivity index (χ0) is 4.50. The van der Waals surface area contributed by atoms with Crippen LogP contribution in [0.1, 0.15) is 1.43 Å². The molecule has 0 aliphatic heterocycles. The third-order valence-electron chi connectivity index (χ3n) is 0. The minimum atomic E-state index is -3.83. The molecule has 0 aliphatic carbocycles. The Morgan fingerprint density at radius 2 is 1.57 bits per heavy atom. The topological polar surface area (TPSA) is 57.5 Å². The van der Waals surface area contributed by atoms with Gasteiger partial charge in [0.2, 0.25) is 0 Å². The van der Waals surface area contributed by atoms with Gasteiger partial charge in [-0.3, -0.25) is 9.11 Å². The standard InChI is InChI=1S/K.H2O3S2.Pd.H/c;1-5(2,3)4;;/h;(H2,1,2,3,4);;/q+1;;;-1. The molecule has 7 heavy (non-hydrogen) atoms. The Labute approximate surface area is 105 Å². The molecule has 0 aliphatic rings. The van der Waals surface area contributed by atoms with Crippen molar-refractivity contribution in [1.82, 2.24) is 0 Å². The number of hydrogen-bond donors (Lipinski definition) is 2. The summed E-state index contributed by atoms with van der Waals surface area (Å²) in [5, 5.41) is 0. The SMILES string of the molecule is O=S(O)(O)=S.[H-].[K+].[Pd]. The third kappa shape index (κ3) is 55.6. The van der Waals surface area contributed by atoms with Crippen LogP contribution in [0.2, 0.25) is 0 Å². The first-order chi connectivity index (χ1) is 2.00. The fourth-order valence-electron chi connectivity index (χ4n) is 0. The molecule has 0 saturated carbocycles. The van der Waals surface area contributed by atoms with Crippen molar-refractivity contribution in [2.45, 2.75) is 0 Å². The maximum Gasteiger partial charge on any atom is 1.00 e. The molecule has 0 saturated heterocycles. The van der Waals surface area contributed by atoms with Gasteiger partial charge in [-0.2, -0.15) is 4.21 Å². The second kappa shape index (κ2) is 6.71. The van der Waals surface area contributed by atoms with Crippen molar-refractivity contribution in [2.24, 2.45) is 0 Å². The van der Waals surface area contributed by atoms with Crippen molar-refractivity contribution < 1.29 is 86.5 Å². The third-order valence-corrected chi connectivity index (χ3v) is 0. The molecule has 0 aromatic rings. The molecule has 3 nitrogen and oxygen atoms in total. The average molecular weight is 261 g/mol. The minimum absolute atomic E-state index is 0. The van der Waals surface area contributed by atoms with E-state index in [4.69, 9.17) is 13.3 Å². The van der Waals surface area contributed by atoms with Gasteiger partial charge in [0.05, 0.1) is 0 Å². The molecule has 0 amide bonds. The van der Waals surface area contributed by atoms with Gasteiger partial charge in [0.1, 0.15) is 0 Å². The van der Waals surface area contributed by atoms with Crippen molar-refractivity contribution in [1.29, 1.82) is 0 Å². The van der Waals surface area contributed by atoms with Crippen LogP contribution >= 0.6 is 0 Å². The summed E-state index contributed by atoms with van der Waals surface area (Å²) >= 11 is 3.47. The van der Waals surface area contributed by atoms with Crippen LogP contribution in [-0.2, 0) is 40.7 Å². The van der Waals surface area contributed by atoms with E-state index in [1.54, 1.807) is 0 Å². The average Bonchev–Trinajstić information content (AvgIpc) is 0.722. The molecule has 0 atom stereocenters. The normalized spacial score (nSPS) is 8.29. The second-order valence-corrected chi connectivity index (χ2v) is 2.65. The van der Waals surface area contributed by atoms with Crippen LogP contribution < -0.4 is 51.4 Å². The predicted molar refractivity (Wildman–Crippen MR) is 21.9 cm³/mol. The van der Waals surface area contributed by atoms with Crippen LogP contribution in [0.25, 0.3) is 0 Å². The van der Waals surface area contributed by atoms with E-state index in [9.17, 15) is 0 Å². The Kier molecular flexibility index (Phi) is 15.6. The Balaban J connectivity index is -0.0000000267. The molecule has 2 N–H and O–H groups in total. The first kappa shape index (κ1) is 16.3. The second-order valence-electron chi connectivity index (χ2n) is 0.448. The molecule has 0 bridgehead atoms. The Hall–Kier alpha value is 2.59. The maximum absolute atomic E-state index is 9.11. The van der Waals surface area contributed by atoms with Gasteiger partial charge in [0.25, 0.3) is 9.05 Å². The monoisotopic (exact) mass is 260 g/mol. The molecular weight excluding hydrogens is 258 g/mol. The molecule has 7 heteroatoms. The molecular formula is H3KO3PdS2.